The van der Waals surface area contributed by atoms with E-state index in [1.165, 1.54) is 4.90 Å². The van der Waals surface area contributed by atoms with E-state index in [1.807, 2.05) is 31.2 Å². The fourth-order valence-electron chi connectivity index (χ4n) is 1.39. The number of aromatic nitrogens is 1. The molecule has 82 valence electrons. The van der Waals surface area contributed by atoms with Gasteiger partial charge in [-0.05, 0) is 36.2 Å². The van der Waals surface area contributed by atoms with Crippen LogP contribution in [0.5, 0.6) is 0 Å². The van der Waals surface area contributed by atoms with Gasteiger partial charge in [0.25, 0.3) is 0 Å². The lowest BCUT2D eigenvalue weighted by atomic mass is 10.2. The van der Waals surface area contributed by atoms with E-state index in [-0.39, 0.29) is 6.61 Å². The largest absolute Gasteiger partial charge is 0.392 e. The highest BCUT2D eigenvalue weighted by Crippen LogP contribution is 2.26. The molecule has 2 nitrogen and oxygen atoms in total. The molecule has 0 saturated carbocycles. The molecule has 16 heavy (non-hydrogen) atoms. The maximum atomic E-state index is 9.05. The average Bonchev–Trinajstić information content (AvgIpc) is 2.31. The fraction of sp³-hybridized carbons (Fsp3) is 0.154. The van der Waals surface area contributed by atoms with Gasteiger partial charge < -0.3 is 5.11 Å². The summed E-state index contributed by atoms with van der Waals surface area (Å²) in [6.07, 6.45) is 1.74. The summed E-state index contributed by atoms with van der Waals surface area (Å²) in [5.74, 6) is 0. The number of pyridine rings is 1. The molecule has 0 atom stereocenters. The third-order valence-electron chi connectivity index (χ3n) is 2.33. The molecule has 0 fully saturated rings. The Bertz CT molecular complexity index is 471. The SMILES string of the molecule is Cc1cc(Sc2ccccc2)ncc1CO. The highest BCUT2D eigenvalue weighted by atomic mass is 32.2. The number of aliphatic hydroxyl groups excluding tert-OH is 1. The molecule has 0 amide bonds. The first-order valence-electron chi connectivity index (χ1n) is 5.09. The van der Waals surface area contributed by atoms with E-state index in [0.29, 0.717) is 0 Å². The van der Waals surface area contributed by atoms with Crippen LogP contribution in [0.4, 0.5) is 0 Å². The molecule has 0 unspecified atom stereocenters. The number of hydrogen-bond donors (Lipinski definition) is 1. The van der Waals surface area contributed by atoms with Crippen LogP contribution in [-0.4, -0.2) is 10.1 Å². The van der Waals surface area contributed by atoms with E-state index in [9.17, 15) is 0 Å². The molecule has 3 heteroatoms. The van der Waals surface area contributed by atoms with Crippen molar-refractivity contribution in [2.24, 2.45) is 0 Å². The fourth-order valence-corrected chi connectivity index (χ4v) is 2.26. The first-order valence-corrected chi connectivity index (χ1v) is 5.90. The summed E-state index contributed by atoms with van der Waals surface area (Å²) in [7, 11) is 0. The number of nitrogens with zero attached hydrogens (tertiary/aromatic N) is 1. The van der Waals surface area contributed by atoms with Crippen molar-refractivity contribution in [1.82, 2.24) is 4.98 Å². The number of aliphatic hydroxyl groups is 1. The van der Waals surface area contributed by atoms with Gasteiger partial charge in [-0.3, -0.25) is 0 Å². The smallest absolute Gasteiger partial charge is 0.101 e. The van der Waals surface area contributed by atoms with Crippen LogP contribution in [0.15, 0.2) is 52.5 Å². The summed E-state index contributed by atoms with van der Waals surface area (Å²) in [6, 6.07) is 12.1. The minimum absolute atomic E-state index is 0.0507. The molecule has 0 radical (unpaired) electrons. The molecule has 2 aromatic rings. The topological polar surface area (TPSA) is 33.1 Å². The maximum Gasteiger partial charge on any atom is 0.101 e. The van der Waals surface area contributed by atoms with Crippen molar-refractivity contribution in [3.05, 3.63) is 53.7 Å². The van der Waals surface area contributed by atoms with E-state index in [4.69, 9.17) is 5.11 Å². The molecule has 0 aliphatic heterocycles. The summed E-state index contributed by atoms with van der Waals surface area (Å²) in [4.78, 5) is 5.48. The van der Waals surface area contributed by atoms with Gasteiger partial charge in [-0.1, -0.05) is 30.0 Å². The van der Waals surface area contributed by atoms with Crippen LogP contribution >= 0.6 is 11.8 Å². The van der Waals surface area contributed by atoms with E-state index < -0.39 is 0 Å². The molecule has 0 bridgehead atoms. The molecule has 0 spiro atoms. The van der Waals surface area contributed by atoms with Crippen LogP contribution in [0.1, 0.15) is 11.1 Å². The van der Waals surface area contributed by atoms with Gasteiger partial charge in [-0.25, -0.2) is 4.98 Å². The summed E-state index contributed by atoms with van der Waals surface area (Å²) < 4.78 is 0. The molecule has 2 rings (SSSR count). The van der Waals surface area contributed by atoms with Gasteiger partial charge in [0.2, 0.25) is 0 Å². The molecule has 1 aromatic heterocycles. The molecule has 0 aliphatic carbocycles. The van der Waals surface area contributed by atoms with E-state index in [2.05, 4.69) is 17.1 Å². The zero-order chi connectivity index (χ0) is 11.4. The van der Waals surface area contributed by atoms with Crippen LogP contribution in [0, 0.1) is 6.92 Å². The van der Waals surface area contributed by atoms with Gasteiger partial charge in [-0.2, -0.15) is 0 Å². The Morgan fingerprint density at radius 2 is 2.00 bits per heavy atom. The number of benzene rings is 1. The third kappa shape index (κ3) is 2.62. The minimum Gasteiger partial charge on any atom is -0.392 e. The summed E-state index contributed by atoms with van der Waals surface area (Å²) in [5.41, 5.74) is 1.97. The standard InChI is InChI=1S/C13H13NOS/c1-10-7-13(14-8-11(10)9-15)16-12-5-3-2-4-6-12/h2-8,15H,9H2,1H3. The van der Waals surface area contributed by atoms with Crippen molar-refractivity contribution in [3.63, 3.8) is 0 Å². The van der Waals surface area contributed by atoms with Crippen molar-refractivity contribution in [2.75, 3.05) is 0 Å². The third-order valence-corrected chi connectivity index (χ3v) is 3.27. The van der Waals surface area contributed by atoms with Crippen LogP contribution in [0.25, 0.3) is 0 Å². The van der Waals surface area contributed by atoms with Crippen molar-refractivity contribution in [2.45, 2.75) is 23.5 Å². The lowest BCUT2D eigenvalue weighted by Gasteiger charge is -2.05. The number of hydrogen-bond acceptors (Lipinski definition) is 3. The van der Waals surface area contributed by atoms with Crippen LogP contribution in [0.2, 0.25) is 0 Å². The lowest BCUT2D eigenvalue weighted by Crippen LogP contribution is -1.91. The predicted molar refractivity (Wildman–Crippen MR) is 65.5 cm³/mol. The van der Waals surface area contributed by atoms with Crippen LogP contribution in [-0.2, 0) is 6.61 Å². The number of rotatable bonds is 3. The summed E-state index contributed by atoms with van der Waals surface area (Å²) >= 11 is 1.63. The van der Waals surface area contributed by atoms with Crippen molar-refractivity contribution < 1.29 is 5.11 Å². The molecule has 1 aromatic carbocycles. The van der Waals surface area contributed by atoms with Gasteiger partial charge in [0.05, 0.1) is 6.61 Å². The van der Waals surface area contributed by atoms with E-state index in [0.717, 1.165) is 16.2 Å². The van der Waals surface area contributed by atoms with Gasteiger partial charge in [-0.15, -0.1) is 0 Å². The zero-order valence-corrected chi connectivity index (χ0v) is 9.87. The molecule has 0 aliphatic rings. The average molecular weight is 231 g/mol. The summed E-state index contributed by atoms with van der Waals surface area (Å²) in [6.45, 7) is 2.04. The minimum atomic E-state index is 0.0507. The molecular weight excluding hydrogens is 218 g/mol. The van der Waals surface area contributed by atoms with Gasteiger partial charge >= 0.3 is 0 Å². The van der Waals surface area contributed by atoms with Crippen molar-refractivity contribution in [3.8, 4) is 0 Å². The van der Waals surface area contributed by atoms with E-state index in [1.54, 1.807) is 18.0 Å². The Labute approximate surface area is 99.4 Å². The Morgan fingerprint density at radius 3 is 2.62 bits per heavy atom. The maximum absolute atomic E-state index is 9.05. The van der Waals surface area contributed by atoms with Crippen LogP contribution in [0.3, 0.4) is 0 Å². The predicted octanol–water partition coefficient (Wildman–Crippen LogP) is 3.03. The van der Waals surface area contributed by atoms with Gasteiger partial charge in [0, 0.05) is 11.1 Å². The molecular formula is C13H13NOS. The molecule has 1 N–H and O–H groups in total. The van der Waals surface area contributed by atoms with E-state index >= 15 is 0 Å². The zero-order valence-electron chi connectivity index (χ0n) is 9.05. The second kappa shape index (κ2) is 5.14. The van der Waals surface area contributed by atoms with Crippen LogP contribution < -0.4 is 0 Å². The Balaban J connectivity index is 2.20. The highest BCUT2D eigenvalue weighted by molar-refractivity contribution is 7.99. The van der Waals surface area contributed by atoms with Crippen molar-refractivity contribution in [1.29, 1.82) is 0 Å². The summed E-state index contributed by atoms with van der Waals surface area (Å²) in [5, 5.41) is 10.0. The van der Waals surface area contributed by atoms with Gasteiger partial charge in [0.1, 0.15) is 5.03 Å². The second-order valence-corrected chi connectivity index (χ2v) is 4.62. The van der Waals surface area contributed by atoms with Crippen molar-refractivity contribution >= 4 is 11.8 Å². The Hall–Kier alpha value is -1.32. The Kier molecular flexibility index (Phi) is 3.59. The lowest BCUT2D eigenvalue weighted by molar-refractivity contribution is 0.280. The monoisotopic (exact) mass is 231 g/mol. The number of aryl methyl sites for hydroxylation is 1. The second-order valence-electron chi connectivity index (χ2n) is 3.52. The highest BCUT2D eigenvalue weighted by Gasteiger charge is 2.02. The first kappa shape index (κ1) is 11.2. The molecule has 1 heterocycles. The molecule has 0 saturated heterocycles. The van der Waals surface area contributed by atoms with Gasteiger partial charge in [0.15, 0.2) is 0 Å². The first-order chi connectivity index (χ1) is 7.79. The quantitative estimate of drug-likeness (QED) is 0.881. The normalized spacial score (nSPS) is 10.4. The Morgan fingerprint density at radius 1 is 1.25 bits per heavy atom.